The Morgan fingerprint density at radius 3 is 2.33 bits per heavy atom. The molecule has 0 spiro atoms. The molecule has 3 nitrogen and oxygen atoms in total. The molecule has 3 rings (SSSR count). The van der Waals surface area contributed by atoms with Gasteiger partial charge in [0.05, 0.1) is 6.61 Å². The predicted octanol–water partition coefficient (Wildman–Crippen LogP) is 5.78. The molecule has 0 saturated heterocycles. The highest BCUT2D eigenvalue weighted by atomic mass is 16.5. The molecule has 144 valence electrons. The standard InChI is InChI=1S/C24H30O3/c1-6-8-9-18-19(24(3,4)5)14-15-20-22(18)21(23(25)27-20)16-10-12-17(13-11-16)26-7-2/h10-15,21H,6-9H2,1-5H3. The smallest absolute Gasteiger partial charge is 0.323 e. The van der Waals surface area contributed by atoms with Crippen LogP contribution in [0.5, 0.6) is 11.5 Å². The highest BCUT2D eigenvalue weighted by Crippen LogP contribution is 2.45. The topological polar surface area (TPSA) is 35.5 Å². The number of hydrogen-bond donors (Lipinski definition) is 0. The molecular formula is C24H30O3. The van der Waals surface area contributed by atoms with Gasteiger partial charge in [-0.25, -0.2) is 0 Å². The minimum Gasteiger partial charge on any atom is -0.494 e. The molecule has 27 heavy (non-hydrogen) atoms. The minimum absolute atomic E-state index is 0.0209. The van der Waals surface area contributed by atoms with Crippen LogP contribution in [-0.2, 0) is 16.6 Å². The highest BCUT2D eigenvalue weighted by Gasteiger charge is 2.38. The van der Waals surface area contributed by atoms with Crippen molar-refractivity contribution in [3.05, 3.63) is 58.7 Å². The van der Waals surface area contributed by atoms with Crippen LogP contribution in [0.15, 0.2) is 36.4 Å². The van der Waals surface area contributed by atoms with Crippen LogP contribution in [0.4, 0.5) is 0 Å². The molecule has 0 aromatic heterocycles. The van der Waals surface area contributed by atoms with Crippen LogP contribution in [0, 0.1) is 0 Å². The van der Waals surface area contributed by atoms with E-state index in [1.54, 1.807) is 0 Å². The molecule has 2 aromatic carbocycles. The summed E-state index contributed by atoms with van der Waals surface area (Å²) >= 11 is 0. The van der Waals surface area contributed by atoms with Crippen molar-refractivity contribution in [2.24, 2.45) is 0 Å². The average molecular weight is 367 g/mol. The van der Waals surface area contributed by atoms with Gasteiger partial charge in [0.2, 0.25) is 0 Å². The van der Waals surface area contributed by atoms with Gasteiger partial charge in [-0.15, -0.1) is 0 Å². The summed E-state index contributed by atoms with van der Waals surface area (Å²) in [6, 6.07) is 11.9. The molecule has 1 heterocycles. The zero-order valence-electron chi connectivity index (χ0n) is 17.1. The fourth-order valence-electron chi connectivity index (χ4n) is 3.89. The predicted molar refractivity (Wildman–Crippen MR) is 109 cm³/mol. The Labute approximate surface area is 162 Å². The van der Waals surface area contributed by atoms with E-state index in [-0.39, 0.29) is 17.3 Å². The number of unbranched alkanes of at least 4 members (excludes halogenated alkanes) is 1. The van der Waals surface area contributed by atoms with Crippen LogP contribution in [0.2, 0.25) is 0 Å². The maximum atomic E-state index is 12.8. The lowest BCUT2D eigenvalue weighted by atomic mass is 9.77. The molecule has 1 unspecified atom stereocenters. The molecule has 0 bridgehead atoms. The van der Waals surface area contributed by atoms with Crippen molar-refractivity contribution < 1.29 is 14.3 Å². The van der Waals surface area contributed by atoms with Crippen molar-refractivity contribution in [3.63, 3.8) is 0 Å². The number of esters is 1. The number of hydrogen-bond acceptors (Lipinski definition) is 3. The number of rotatable bonds is 6. The minimum atomic E-state index is -0.357. The van der Waals surface area contributed by atoms with Crippen LogP contribution >= 0.6 is 0 Å². The molecular weight excluding hydrogens is 336 g/mol. The molecule has 0 fully saturated rings. The van der Waals surface area contributed by atoms with Gasteiger partial charge >= 0.3 is 5.97 Å². The van der Waals surface area contributed by atoms with E-state index < -0.39 is 0 Å². The second-order valence-electron chi connectivity index (χ2n) is 8.21. The molecule has 0 amide bonds. The molecule has 1 aliphatic rings. The summed E-state index contributed by atoms with van der Waals surface area (Å²) in [5.74, 6) is 1.00. The van der Waals surface area contributed by atoms with Gasteiger partial charge in [0.1, 0.15) is 17.4 Å². The summed E-state index contributed by atoms with van der Waals surface area (Å²) in [5, 5.41) is 0. The van der Waals surface area contributed by atoms with Gasteiger partial charge in [0.25, 0.3) is 0 Å². The highest BCUT2D eigenvalue weighted by molar-refractivity contribution is 5.90. The number of carbonyl (C=O) groups is 1. The van der Waals surface area contributed by atoms with Gasteiger partial charge in [-0.05, 0) is 60.1 Å². The maximum Gasteiger partial charge on any atom is 0.323 e. The second-order valence-corrected chi connectivity index (χ2v) is 8.21. The third-order valence-electron chi connectivity index (χ3n) is 5.16. The lowest BCUT2D eigenvalue weighted by Crippen LogP contribution is -2.17. The summed E-state index contributed by atoms with van der Waals surface area (Å²) in [5.41, 5.74) is 4.64. The zero-order chi connectivity index (χ0) is 19.6. The number of benzene rings is 2. The number of carbonyl (C=O) groups excluding carboxylic acids is 1. The van der Waals surface area contributed by atoms with Crippen LogP contribution in [0.1, 0.15) is 75.6 Å². The van der Waals surface area contributed by atoms with Gasteiger partial charge in [-0.2, -0.15) is 0 Å². The van der Waals surface area contributed by atoms with Gasteiger partial charge in [0, 0.05) is 5.56 Å². The first kappa shape index (κ1) is 19.5. The number of ether oxygens (including phenoxy) is 2. The van der Waals surface area contributed by atoms with E-state index in [4.69, 9.17) is 9.47 Å². The van der Waals surface area contributed by atoms with Crippen molar-refractivity contribution in [1.29, 1.82) is 0 Å². The van der Waals surface area contributed by atoms with Crippen LogP contribution < -0.4 is 9.47 Å². The molecule has 3 heteroatoms. The summed E-state index contributed by atoms with van der Waals surface area (Å²) in [6.07, 6.45) is 3.19. The Morgan fingerprint density at radius 2 is 1.74 bits per heavy atom. The Kier molecular flexibility index (Phi) is 5.59. The third-order valence-corrected chi connectivity index (χ3v) is 5.16. The second kappa shape index (κ2) is 7.75. The molecule has 1 aliphatic heterocycles. The largest absolute Gasteiger partial charge is 0.494 e. The van der Waals surface area contributed by atoms with Crippen LogP contribution in [0.3, 0.4) is 0 Å². The normalized spacial score (nSPS) is 16.2. The fraction of sp³-hybridized carbons (Fsp3) is 0.458. The Bertz CT molecular complexity index is 813. The van der Waals surface area contributed by atoms with Gasteiger partial charge in [0.15, 0.2) is 0 Å². The summed E-state index contributed by atoms with van der Waals surface area (Å²) in [4.78, 5) is 12.8. The van der Waals surface area contributed by atoms with E-state index in [9.17, 15) is 4.79 Å². The summed E-state index contributed by atoms with van der Waals surface area (Å²) in [6.45, 7) is 11.5. The van der Waals surface area contributed by atoms with Crippen molar-refractivity contribution in [1.82, 2.24) is 0 Å². The molecule has 0 N–H and O–H groups in total. The van der Waals surface area contributed by atoms with Crippen molar-refractivity contribution in [2.75, 3.05) is 6.61 Å². The zero-order valence-corrected chi connectivity index (χ0v) is 17.1. The average Bonchev–Trinajstić information content (AvgIpc) is 2.96. The lowest BCUT2D eigenvalue weighted by Gasteiger charge is -2.26. The van der Waals surface area contributed by atoms with Gasteiger partial charge in [-0.1, -0.05) is 52.3 Å². The van der Waals surface area contributed by atoms with E-state index in [1.807, 2.05) is 37.3 Å². The maximum absolute atomic E-state index is 12.8. The van der Waals surface area contributed by atoms with Crippen molar-refractivity contribution >= 4 is 5.97 Å². The Balaban J connectivity index is 2.11. The quantitative estimate of drug-likeness (QED) is 0.480. The van der Waals surface area contributed by atoms with Gasteiger partial charge < -0.3 is 9.47 Å². The first-order chi connectivity index (χ1) is 12.9. The van der Waals surface area contributed by atoms with Gasteiger partial charge in [-0.3, -0.25) is 4.79 Å². The van der Waals surface area contributed by atoms with Crippen LogP contribution in [-0.4, -0.2) is 12.6 Å². The molecule has 1 atom stereocenters. The summed E-state index contributed by atoms with van der Waals surface area (Å²) < 4.78 is 11.2. The molecule has 0 radical (unpaired) electrons. The van der Waals surface area contributed by atoms with Crippen molar-refractivity contribution in [3.8, 4) is 11.5 Å². The fourth-order valence-corrected chi connectivity index (χ4v) is 3.89. The first-order valence-corrected chi connectivity index (χ1v) is 9.97. The third kappa shape index (κ3) is 3.87. The molecule has 0 aliphatic carbocycles. The van der Waals surface area contributed by atoms with E-state index in [1.165, 1.54) is 11.1 Å². The van der Waals surface area contributed by atoms with E-state index in [2.05, 4.69) is 33.8 Å². The van der Waals surface area contributed by atoms with E-state index in [0.717, 1.165) is 41.9 Å². The van der Waals surface area contributed by atoms with E-state index >= 15 is 0 Å². The van der Waals surface area contributed by atoms with Crippen molar-refractivity contribution in [2.45, 2.75) is 65.2 Å². The molecule has 0 saturated carbocycles. The lowest BCUT2D eigenvalue weighted by molar-refractivity contribution is -0.133. The number of fused-ring (bicyclic) bond motifs is 1. The SMILES string of the molecule is CCCCc1c(C(C)(C)C)ccc2c1C(c1ccc(OCC)cc1)C(=O)O2. The van der Waals surface area contributed by atoms with E-state index in [0.29, 0.717) is 6.61 Å². The van der Waals surface area contributed by atoms with Crippen LogP contribution in [0.25, 0.3) is 0 Å². The monoisotopic (exact) mass is 366 g/mol. The Morgan fingerprint density at radius 1 is 1.04 bits per heavy atom. The molecule has 2 aromatic rings. The summed E-state index contributed by atoms with van der Waals surface area (Å²) in [7, 11) is 0. The first-order valence-electron chi connectivity index (χ1n) is 9.97. The Hall–Kier alpha value is -2.29.